The van der Waals surface area contributed by atoms with Gasteiger partial charge in [0.1, 0.15) is 0 Å². The standard InChI is InChI=1S/C21H23NO9/c1-27-17-7-12(9-21(24)31-5)14(10-19(17)29-3)16(23)6-13-8-18(28-2)20(30-4)11-15(13)22(25)26/h7-8,10-11H,6,9H2,1-5H3. The van der Waals surface area contributed by atoms with Gasteiger partial charge in [-0.25, -0.2) is 0 Å². The summed E-state index contributed by atoms with van der Waals surface area (Å²) in [4.78, 5) is 35.9. The van der Waals surface area contributed by atoms with Gasteiger partial charge in [0.2, 0.25) is 0 Å². The van der Waals surface area contributed by atoms with Crippen LogP contribution in [0.2, 0.25) is 0 Å². The molecule has 0 N–H and O–H groups in total. The molecular weight excluding hydrogens is 410 g/mol. The minimum absolute atomic E-state index is 0.131. The van der Waals surface area contributed by atoms with Gasteiger partial charge in [0.25, 0.3) is 5.69 Å². The molecule has 2 rings (SSSR count). The maximum atomic E-state index is 13.2. The highest BCUT2D eigenvalue weighted by atomic mass is 16.6. The molecule has 0 atom stereocenters. The van der Waals surface area contributed by atoms with E-state index in [1.807, 2.05) is 0 Å². The molecule has 10 nitrogen and oxygen atoms in total. The number of esters is 1. The van der Waals surface area contributed by atoms with Gasteiger partial charge in [-0.3, -0.25) is 19.7 Å². The maximum absolute atomic E-state index is 13.2. The largest absolute Gasteiger partial charge is 0.493 e. The Morgan fingerprint density at radius 2 is 1.26 bits per heavy atom. The summed E-state index contributed by atoms with van der Waals surface area (Å²) in [6, 6.07) is 5.53. The smallest absolute Gasteiger partial charge is 0.310 e. The predicted octanol–water partition coefficient (Wildman–Crippen LogP) is 2.77. The van der Waals surface area contributed by atoms with Crippen LogP contribution in [0.25, 0.3) is 0 Å². The Labute approximate surface area is 178 Å². The SMILES string of the molecule is COC(=O)Cc1cc(OC)c(OC)cc1C(=O)Cc1cc(OC)c(OC)cc1[N+](=O)[O-]. The molecular formula is C21H23NO9. The van der Waals surface area contributed by atoms with Crippen molar-refractivity contribution in [2.24, 2.45) is 0 Å². The number of ketones is 1. The van der Waals surface area contributed by atoms with Crippen LogP contribution in [0.15, 0.2) is 24.3 Å². The Balaban J connectivity index is 2.56. The van der Waals surface area contributed by atoms with Crippen molar-refractivity contribution in [2.45, 2.75) is 12.8 Å². The van der Waals surface area contributed by atoms with Crippen molar-refractivity contribution in [1.29, 1.82) is 0 Å². The second kappa shape index (κ2) is 10.3. The van der Waals surface area contributed by atoms with E-state index in [0.717, 1.165) is 0 Å². The minimum Gasteiger partial charge on any atom is -0.493 e. The highest BCUT2D eigenvalue weighted by molar-refractivity contribution is 6.01. The summed E-state index contributed by atoms with van der Waals surface area (Å²) in [5.41, 5.74) is 0.345. The number of carbonyl (C=O) groups excluding carboxylic acids is 2. The third kappa shape index (κ3) is 5.21. The lowest BCUT2D eigenvalue weighted by Gasteiger charge is -2.15. The molecule has 0 saturated carbocycles. The van der Waals surface area contributed by atoms with Gasteiger partial charge in [-0.2, -0.15) is 0 Å². The topological polar surface area (TPSA) is 123 Å². The molecule has 2 aromatic rings. The van der Waals surface area contributed by atoms with Crippen molar-refractivity contribution in [1.82, 2.24) is 0 Å². The summed E-state index contributed by atoms with van der Waals surface area (Å²) < 4.78 is 25.5. The Bertz CT molecular complexity index is 1000. The van der Waals surface area contributed by atoms with E-state index in [2.05, 4.69) is 0 Å². The third-order valence-electron chi connectivity index (χ3n) is 4.60. The minimum atomic E-state index is -0.603. The molecule has 0 fully saturated rings. The molecule has 0 amide bonds. The zero-order valence-electron chi connectivity index (χ0n) is 17.8. The number of methoxy groups -OCH3 is 5. The molecule has 0 spiro atoms. The lowest BCUT2D eigenvalue weighted by molar-refractivity contribution is -0.385. The van der Waals surface area contributed by atoms with Gasteiger partial charge in [0.05, 0.1) is 53.0 Å². The van der Waals surface area contributed by atoms with E-state index in [4.69, 9.17) is 23.7 Å². The van der Waals surface area contributed by atoms with Crippen LogP contribution < -0.4 is 18.9 Å². The van der Waals surface area contributed by atoms with E-state index >= 15 is 0 Å². The van der Waals surface area contributed by atoms with Gasteiger partial charge in [-0.15, -0.1) is 0 Å². The van der Waals surface area contributed by atoms with Crippen LogP contribution >= 0.6 is 0 Å². The first-order valence-electron chi connectivity index (χ1n) is 9.03. The molecule has 0 radical (unpaired) electrons. The quantitative estimate of drug-likeness (QED) is 0.241. The van der Waals surface area contributed by atoms with Gasteiger partial charge in [0.15, 0.2) is 28.8 Å². The summed E-state index contributed by atoms with van der Waals surface area (Å²) in [5.74, 6) is 0.00534. The van der Waals surface area contributed by atoms with Crippen LogP contribution in [-0.2, 0) is 22.4 Å². The zero-order valence-corrected chi connectivity index (χ0v) is 17.8. The van der Waals surface area contributed by atoms with Crippen molar-refractivity contribution < 1.29 is 38.2 Å². The normalized spacial score (nSPS) is 10.2. The lowest BCUT2D eigenvalue weighted by Crippen LogP contribution is -2.13. The lowest BCUT2D eigenvalue weighted by atomic mass is 9.95. The fourth-order valence-corrected chi connectivity index (χ4v) is 3.04. The molecule has 0 unspecified atom stereocenters. The van der Waals surface area contributed by atoms with E-state index in [1.165, 1.54) is 59.8 Å². The van der Waals surface area contributed by atoms with Gasteiger partial charge in [-0.05, 0) is 23.8 Å². The van der Waals surface area contributed by atoms with Crippen molar-refractivity contribution in [3.05, 3.63) is 51.1 Å². The van der Waals surface area contributed by atoms with E-state index in [1.54, 1.807) is 0 Å². The van der Waals surface area contributed by atoms with E-state index in [0.29, 0.717) is 11.3 Å². The third-order valence-corrected chi connectivity index (χ3v) is 4.60. The van der Waals surface area contributed by atoms with Gasteiger partial charge >= 0.3 is 5.97 Å². The number of carbonyl (C=O) groups is 2. The second-order valence-corrected chi connectivity index (χ2v) is 6.31. The van der Waals surface area contributed by atoms with E-state index in [-0.39, 0.29) is 46.9 Å². The molecule has 0 aromatic heterocycles. The Kier molecular flexibility index (Phi) is 7.78. The molecule has 10 heteroatoms. The Hall–Kier alpha value is -3.82. The van der Waals surface area contributed by atoms with E-state index < -0.39 is 16.7 Å². The average Bonchev–Trinajstić information content (AvgIpc) is 2.77. The number of nitro groups is 1. The first kappa shape index (κ1) is 23.5. The molecule has 0 aliphatic rings. The number of benzene rings is 2. The molecule has 0 saturated heterocycles. The van der Waals surface area contributed by atoms with Crippen molar-refractivity contribution in [3.63, 3.8) is 0 Å². The summed E-state index contributed by atoms with van der Waals surface area (Å²) >= 11 is 0. The first-order chi connectivity index (χ1) is 14.8. The van der Waals surface area contributed by atoms with Crippen molar-refractivity contribution in [2.75, 3.05) is 35.5 Å². The first-order valence-corrected chi connectivity index (χ1v) is 9.03. The number of nitro benzene ring substituents is 1. The van der Waals surface area contributed by atoms with Crippen molar-refractivity contribution >= 4 is 17.4 Å². The summed E-state index contributed by atoms with van der Waals surface area (Å²) in [5, 5.41) is 11.5. The number of rotatable bonds is 10. The highest BCUT2D eigenvalue weighted by Crippen LogP contribution is 2.36. The van der Waals surface area contributed by atoms with Gasteiger partial charge < -0.3 is 23.7 Å². The fourth-order valence-electron chi connectivity index (χ4n) is 3.04. The van der Waals surface area contributed by atoms with Crippen LogP contribution in [0.5, 0.6) is 23.0 Å². The van der Waals surface area contributed by atoms with Gasteiger partial charge in [-0.1, -0.05) is 0 Å². The number of Topliss-reactive ketones (excluding diaryl/α,β-unsaturated/α-hetero) is 1. The molecule has 0 heterocycles. The Morgan fingerprint density at radius 3 is 1.74 bits per heavy atom. The molecule has 0 bridgehead atoms. The number of nitrogens with zero attached hydrogens (tertiary/aromatic N) is 1. The van der Waals surface area contributed by atoms with Crippen LogP contribution in [0, 0.1) is 10.1 Å². The molecule has 0 aliphatic heterocycles. The zero-order chi connectivity index (χ0) is 23.1. The predicted molar refractivity (Wildman–Crippen MR) is 110 cm³/mol. The van der Waals surface area contributed by atoms with Crippen LogP contribution in [0.3, 0.4) is 0 Å². The molecule has 0 aliphatic carbocycles. The second-order valence-electron chi connectivity index (χ2n) is 6.31. The van der Waals surface area contributed by atoms with Crippen LogP contribution in [0.4, 0.5) is 5.69 Å². The highest BCUT2D eigenvalue weighted by Gasteiger charge is 2.25. The number of hydrogen-bond donors (Lipinski definition) is 0. The van der Waals surface area contributed by atoms with Crippen LogP contribution in [0.1, 0.15) is 21.5 Å². The average molecular weight is 433 g/mol. The van der Waals surface area contributed by atoms with Gasteiger partial charge in [0, 0.05) is 17.5 Å². The molecule has 2 aromatic carbocycles. The fraction of sp³-hybridized carbons (Fsp3) is 0.333. The summed E-state index contributed by atoms with van der Waals surface area (Å²) in [6.07, 6.45) is -0.508. The molecule has 166 valence electrons. The Morgan fingerprint density at radius 1 is 0.774 bits per heavy atom. The summed E-state index contributed by atoms with van der Waals surface area (Å²) in [6.45, 7) is 0. The monoisotopic (exact) mass is 433 g/mol. The van der Waals surface area contributed by atoms with E-state index in [9.17, 15) is 19.7 Å². The number of ether oxygens (including phenoxy) is 5. The number of hydrogen-bond acceptors (Lipinski definition) is 9. The summed E-state index contributed by atoms with van der Waals surface area (Å²) in [7, 11) is 6.81. The maximum Gasteiger partial charge on any atom is 0.310 e. The van der Waals surface area contributed by atoms with Crippen molar-refractivity contribution in [3.8, 4) is 23.0 Å². The van der Waals surface area contributed by atoms with Crippen LogP contribution in [-0.4, -0.2) is 52.2 Å². The molecule has 31 heavy (non-hydrogen) atoms.